The second-order valence-corrected chi connectivity index (χ2v) is 3.25. The van der Waals surface area contributed by atoms with Crippen molar-refractivity contribution in [3.63, 3.8) is 0 Å². The van der Waals surface area contributed by atoms with Gasteiger partial charge in [-0.05, 0) is 13.0 Å². The van der Waals surface area contributed by atoms with Crippen LogP contribution >= 0.6 is 0 Å². The molecule has 4 nitrogen and oxygen atoms in total. The number of nitrogens with one attached hydrogen (secondary N) is 2. The predicted octanol–water partition coefficient (Wildman–Crippen LogP) is 0.0434. The first-order chi connectivity index (χ1) is 6.99. The van der Waals surface area contributed by atoms with Crippen molar-refractivity contribution in [1.82, 2.24) is 10.6 Å². The highest BCUT2D eigenvalue weighted by Crippen LogP contribution is 2.13. The highest BCUT2D eigenvalue weighted by Gasteiger charge is 2.27. The van der Waals surface area contributed by atoms with E-state index in [1.165, 1.54) is 0 Å². The molecular weight excluding hydrogens is 213 g/mol. The molecule has 7 heteroatoms. The maximum Gasteiger partial charge on any atom is 0.411 e. The maximum atomic E-state index is 11.6. The van der Waals surface area contributed by atoms with Gasteiger partial charge in [-0.2, -0.15) is 13.2 Å². The van der Waals surface area contributed by atoms with Crippen molar-refractivity contribution in [2.45, 2.75) is 18.6 Å². The Kier molecular flexibility index (Phi) is 4.34. The summed E-state index contributed by atoms with van der Waals surface area (Å²) in [5, 5.41) is 5.35. The van der Waals surface area contributed by atoms with Crippen LogP contribution < -0.4 is 10.6 Å². The van der Waals surface area contributed by atoms with E-state index >= 15 is 0 Å². The SMILES string of the molecule is O=C(NCCOCC(F)(F)F)[C@H]1CCN1. The highest BCUT2D eigenvalue weighted by atomic mass is 19.4. The average Bonchev–Trinajstić information content (AvgIpc) is 1.97. The lowest BCUT2D eigenvalue weighted by Crippen LogP contribution is -2.53. The minimum atomic E-state index is -4.31. The van der Waals surface area contributed by atoms with Crippen molar-refractivity contribution < 1.29 is 22.7 Å². The summed E-state index contributed by atoms with van der Waals surface area (Å²) in [5.74, 6) is -0.183. The van der Waals surface area contributed by atoms with Crippen LogP contribution in [0.2, 0.25) is 0 Å². The fourth-order valence-electron chi connectivity index (χ4n) is 1.07. The molecule has 0 spiro atoms. The van der Waals surface area contributed by atoms with E-state index in [0.29, 0.717) is 0 Å². The van der Waals surface area contributed by atoms with E-state index in [0.717, 1.165) is 13.0 Å². The maximum absolute atomic E-state index is 11.6. The summed E-state index contributed by atoms with van der Waals surface area (Å²) in [4.78, 5) is 11.1. The lowest BCUT2D eigenvalue weighted by Gasteiger charge is -2.26. The van der Waals surface area contributed by atoms with Crippen LogP contribution in [0.5, 0.6) is 0 Å². The van der Waals surface area contributed by atoms with Gasteiger partial charge in [-0.15, -0.1) is 0 Å². The van der Waals surface area contributed by atoms with Gasteiger partial charge in [0.05, 0.1) is 12.6 Å². The molecule has 1 amide bonds. The van der Waals surface area contributed by atoms with Gasteiger partial charge in [-0.1, -0.05) is 0 Å². The van der Waals surface area contributed by atoms with Crippen molar-refractivity contribution >= 4 is 5.91 Å². The summed E-state index contributed by atoms with van der Waals surface area (Å²) in [6.07, 6.45) is -3.53. The quantitative estimate of drug-likeness (QED) is 0.651. The van der Waals surface area contributed by atoms with Gasteiger partial charge in [0.1, 0.15) is 6.61 Å². The van der Waals surface area contributed by atoms with Crippen molar-refractivity contribution in [1.29, 1.82) is 0 Å². The van der Waals surface area contributed by atoms with Crippen molar-refractivity contribution in [3.05, 3.63) is 0 Å². The number of amides is 1. The Morgan fingerprint density at radius 1 is 1.53 bits per heavy atom. The first kappa shape index (κ1) is 12.3. The van der Waals surface area contributed by atoms with E-state index in [1.54, 1.807) is 0 Å². The van der Waals surface area contributed by atoms with Gasteiger partial charge < -0.3 is 15.4 Å². The van der Waals surface area contributed by atoms with Gasteiger partial charge in [0.15, 0.2) is 0 Å². The van der Waals surface area contributed by atoms with Crippen LogP contribution in [-0.2, 0) is 9.53 Å². The lowest BCUT2D eigenvalue weighted by molar-refractivity contribution is -0.173. The van der Waals surface area contributed by atoms with E-state index in [4.69, 9.17) is 0 Å². The van der Waals surface area contributed by atoms with Gasteiger partial charge in [-0.25, -0.2) is 0 Å². The molecule has 2 N–H and O–H groups in total. The van der Waals surface area contributed by atoms with Gasteiger partial charge in [0.25, 0.3) is 0 Å². The van der Waals surface area contributed by atoms with E-state index in [1.807, 2.05) is 0 Å². The molecule has 0 aromatic rings. The smallest absolute Gasteiger partial charge is 0.370 e. The molecule has 1 atom stereocenters. The molecule has 1 heterocycles. The molecule has 1 saturated heterocycles. The van der Waals surface area contributed by atoms with Crippen LogP contribution in [0.3, 0.4) is 0 Å². The van der Waals surface area contributed by atoms with Crippen LogP contribution in [0.4, 0.5) is 13.2 Å². The van der Waals surface area contributed by atoms with E-state index in [-0.39, 0.29) is 25.1 Å². The number of rotatable bonds is 5. The van der Waals surface area contributed by atoms with Crippen LogP contribution in [0.1, 0.15) is 6.42 Å². The zero-order chi connectivity index (χ0) is 11.3. The van der Waals surface area contributed by atoms with Gasteiger partial charge in [-0.3, -0.25) is 4.79 Å². The molecule has 0 radical (unpaired) electrons. The Bertz CT molecular complexity index is 216. The molecule has 1 aliphatic heterocycles. The summed E-state index contributed by atoms with van der Waals surface area (Å²) in [6.45, 7) is -0.488. The molecule has 0 saturated carbocycles. The third-order valence-electron chi connectivity index (χ3n) is 1.95. The number of halogens is 3. The monoisotopic (exact) mass is 226 g/mol. The number of hydrogen-bond acceptors (Lipinski definition) is 3. The Morgan fingerprint density at radius 3 is 2.67 bits per heavy atom. The van der Waals surface area contributed by atoms with Gasteiger partial charge in [0, 0.05) is 6.54 Å². The van der Waals surface area contributed by atoms with Crippen molar-refractivity contribution in [2.24, 2.45) is 0 Å². The topological polar surface area (TPSA) is 50.4 Å². The third kappa shape index (κ3) is 4.98. The number of carbonyl (C=O) groups is 1. The molecule has 0 unspecified atom stereocenters. The zero-order valence-electron chi connectivity index (χ0n) is 8.06. The number of alkyl halides is 3. The summed E-state index contributed by atoms with van der Waals surface area (Å²) in [7, 11) is 0. The zero-order valence-corrected chi connectivity index (χ0v) is 8.06. The first-order valence-electron chi connectivity index (χ1n) is 4.64. The third-order valence-corrected chi connectivity index (χ3v) is 1.95. The van der Waals surface area contributed by atoms with E-state index in [9.17, 15) is 18.0 Å². The normalized spacial score (nSPS) is 20.9. The number of hydrogen-bond donors (Lipinski definition) is 2. The van der Waals surface area contributed by atoms with Crippen LogP contribution in [0.15, 0.2) is 0 Å². The molecule has 0 aliphatic carbocycles. The van der Waals surface area contributed by atoms with Crippen LogP contribution in [0.25, 0.3) is 0 Å². The molecule has 0 aromatic carbocycles. The number of carbonyl (C=O) groups excluding carboxylic acids is 1. The second kappa shape index (κ2) is 5.32. The van der Waals surface area contributed by atoms with Crippen LogP contribution in [0, 0.1) is 0 Å². The lowest BCUT2D eigenvalue weighted by atomic mass is 10.1. The Hall–Kier alpha value is -0.820. The van der Waals surface area contributed by atoms with Gasteiger partial charge >= 0.3 is 6.18 Å². The Balaban J connectivity index is 1.94. The minimum Gasteiger partial charge on any atom is -0.370 e. The summed E-state index contributed by atoms with van der Waals surface area (Å²) in [5.41, 5.74) is 0. The standard InChI is InChI=1S/C8H13F3N2O2/c9-8(10,11)5-15-4-3-13-7(14)6-1-2-12-6/h6,12H,1-5H2,(H,13,14)/t6-/m1/s1. The Labute approximate surface area is 85.2 Å². The molecular formula is C8H13F3N2O2. The van der Waals surface area contributed by atoms with Crippen LogP contribution in [-0.4, -0.2) is 44.4 Å². The number of ether oxygens (including phenoxy) is 1. The van der Waals surface area contributed by atoms with Crippen molar-refractivity contribution in [3.8, 4) is 0 Å². The summed E-state index contributed by atoms with van der Waals surface area (Å²) >= 11 is 0. The Morgan fingerprint density at radius 2 is 2.20 bits per heavy atom. The fraction of sp³-hybridized carbons (Fsp3) is 0.875. The summed E-state index contributed by atoms with van der Waals surface area (Å²) in [6, 6.07) is -0.187. The molecule has 88 valence electrons. The molecule has 1 fully saturated rings. The highest BCUT2D eigenvalue weighted by molar-refractivity contribution is 5.82. The van der Waals surface area contributed by atoms with Gasteiger partial charge in [0.2, 0.25) is 5.91 Å². The average molecular weight is 226 g/mol. The van der Waals surface area contributed by atoms with E-state index < -0.39 is 12.8 Å². The molecule has 0 bridgehead atoms. The first-order valence-corrected chi connectivity index (χ1v) is 4.64. The van der Waals surface area contributed by atoms with Crippen molar-refractivity contribution in [2.75, 3.05) is 26.3 Å². The second-order valence-electron chi connectivity index (χ2n) is 3.25. The minimum absolute atomic E-state index is 0.104. The summed E-state index contributed by atoms with van der Waals surface area (Å²) < 4.78 is 39.2. The molecule has 1 aliphatic rings. The fourth-order valence-corrected chi connectivity index (χ4v) is 1.07. The molecule has 0 aromatic heterocycles. The predicted molar refractivity (Wildman–Crippen MR) is 46.3 cm³/mol. The molecule has 15 heavy (non-hydrogen) atoms. The van der Waals surface area contributed by atoms with E-state index in [2.05, 4.69) is 15.4 Å². The molecule has 1 rings (SSSR count). The largest absolute Gasteiger partial charge is 0.411 e.